The highest BCUT2D eigenvalue weighted by Gasteiger charge is 2.26. The Morgan fingerprint density at radius 1 is 1.32 bits per heavy atom. The molecule has 112 valence electrons. The lowest BCUT2D eigenvalue weighted by Gasteiger charge is -2.18. The zero-order valence-electron chi connectivity index (χ0n) is 11.7. The summed E-state index contributed by atoms with van der Waals surface area (Å²) in [4.78, 5) is 10.8. The molecule has 22 heavy (non-hydrogen) atoms. The Morgan fingerprint density at radius 2 is 2.27 bits per heavy atom. The average Bonchev–Trinajstić information content (AvgIpc) is 3.15. The number of hydrogen-bond donors (Lipinski definition) is 1. The van der Waals surface area contributed by atoms with E-state index in [0.29, 0.717) is 5.02 Å². The second kappa shape index (κ2) is 5.46. The highest BCUT2D eigenvalue weighted by Crippen LogP contribution is 2.27. The lowest BCUT2D eigenvalue weighted by Crippen LogP contribution is -2.25. The topological polar surface area (TPSA) is 66.9 Å². The summed E-state index contributed by atoms with van der Waals surface area (Å²) < 4.78 is 6.01. The van der Waals surface area contributed by atoms with E-state index in [0.717, 1.165) is 42.1 Å². The summed E-state index contributed by atoms with van der Waals surface area (Å²) in [5.41, 5.74) is 0.754. The fourth-order valence-corrected chi connectivity index (χ4v) is 2.93. The molecule has 0 saturated carbocycles. The minimum atomic E-state index is 0.121. The molecule has 1 aliphatic rings. The van der Waals surface area contributed by atoms with Crippen LogP contribution >= 0.6 is 11.6 Å². The van der Waals surface area contributed by atoms with Crippen molar-refractivity contribution in [3.8, 4) is 5.75 Å². The molecule has 1 N–H and O–H groups in total. The van der Waals surface area contributed by atoms with Gasteiger partial charge in [0.15, 0.2) is 5.65 Å². The van der Waals surface area contributed by atoms with Gasteiger partial charge in [0.1, 0.15) is 24.0 Å². The number of halogens is 1. The van der Waals surface area contributed by atoms with Gasteiger partial charge in [0.2, 0.25) is 0 Å². The highest BCUT2D eigenvalue weighted by molar-refractivity contribution is 6.30. The van der Waals surface area contributed by atoms with Crippen molar-refractivity contribution in [2.45, 2.75) is 12.5 Å². The first kappa shape index (κ1) is 13.3. The van der Waals surface area contributed by atoms with Crippen molar-refractivity contribution >= 4 is 28.5 Å². The Hall–Kier alpha value is -2.34. The van der Waals surface area contributed by atoms with Crippen molar-refractivity contribution in [2.24, 2.45) is 0 Å². The summed E-state index contributed by atoms with van der Waals surface area (Å²) in [6, 6.07) is 7.49. The van der Waals surface area contributed by atoms with Gasteiger partial charge >= 0.3 is 0 Å². The third-order valence-corrected chi connectivity index (χ3v) is 4.01. The molecule has 0 bridgehead atoms. The molecule has 1 aromatic carbocycles. The largest absolute Gasteiger partial charge is 0.488 e. The van der Waals surface area contributed by atoms with Gasteiger partial charge in [0.25, 0.3) is 0 Å². The Balaban J connectivity index is 1.51. The third-order valence-electron chi connectivity index (χ3n) is 3.77. The second-order valence-electron chi connectivity index (χ2n) is 5.26. The molecule has 7 heteroatoms. The molecular weight excluding hydrogens is 302 g/mol. The number of aromatic nitrogens is 4. The number of fused-ring (bicyclic) bond motifs is 1. The molecular formula is C15H14ClN5O. The maximum atomic E-state index is 6.01. The maximum absolute atomic E-state index is 6.01. The molecule has 4 rings (SSSR count). The first-order chi connectivity index (χ1) is 10.8. The van der Waals surface area contributed by atoms with Crippen LogP contribution in [0.5, 0.6) is 5.75 Å². The Labute approximate surface area is 132 Å². The lowest BCUT2D eigenvalue weighted by atomic mass is 10.3. The SMILES string of the molecule is Clc1cccc(OC2CCN(c3ncnc4[nH]ncc34)C2)c1. The summed E-state index contributed by atoms with van der Waals surface area (Å²) in [6.45, 7) is 1.67. The average molecular weight is 316 g/mol. The number of nitrogens with one attached hydrogen (secondary N) is 1. The quantitative estimate of drug-likeness (QED) is 0.805. The van der Waals surface area contributed by atoms with Crippen molar-refractivity contribution < 1.29 is 4.74 Å². The van der Waals surface area contributed by atoms with Gasteiger partial charge < -0.3 is 9.64 Å². The van der Waals surface area contributed by atoms with Crippen LogP contribution in [0.15, 0.2) is 36.8 Å². The van der Waals surface area contributed by atoms with Crippen LogP contribution in [0.4, 0.5) is 5.82 Å². The van der Waals surface area contributed by atoms with E-state index in [-0.39, 0.29) is 6.10 Å². The molecule has 1 fully saturated rings. The van der Waals surface area contributed by atoms with Crippen LogP contribution in [0.3, 0.4) is 0 Å². The van der Waals surface area contributed by atoms with Crippen molar-refractivity contribution in [3.05, 3.63) is 41.8 Å². The van der Waals surface area contributed by atoms with Crippen LogP contribution in [-0.4, -0.2) is 39.4 Å². The van der Waals surface area contributed by atoms with Crippen LogP contribution in [-0.2, 0) is 0 Å². The van der Waals surface area contributed by atoms with Crippen LogP contribution in [0.25, 0.3) is 11.0 Å². The van der Waals surface area contributed by atoms with Gasteiger partial charge in [0, 0.05) is 18.0 Å². The van der Waals surface area contributed by atoms with Gasteiger partial charge in [-0.2, -0.15) is 5.10 Å². The van der Waals surface area contributed by atoms with Crippen LogP contribution < -0.4 is 9.64 Å². The van der Waals surface area contributed by atoms with Gasteiger partial charge in [-0.3, -0.25) is 5.10 Å². The summed E-state index contributed by atoms with van der Waals surface area (Å²) in [6.07, 6.45) is 4.38. The molecule has 1 atom stereocenters. The van der Waals surface area contributed by atoms with E-state index in [1.807, 2.05) is 24.3 Å². The van der Waals surface area contributed by atoms with E-state index >= 15 is 0 Å². The van der Waals surface area contributed by atoms with E-state index < -0.39 is 0 Å². The second-order valence-corrected chi connectivity index (χ2v) is 5.70. The molecule has 0 radical (unpaired) electrons. The molecule has 0 aliphatic carbocycles. The lowest BCUT2D eigenvalue weighted by molar-refractivity contribution is 0.225. The number of nitrogens with zero attached hydrogens (tertiary/aromatic N) is 4. The molecule has 1 unspecified atom stereocenters. The minimum absolute atomic E-state index is 0.121. The van der Waals surface area contributed by atoms with E-state index in [2.05, 4.69) is 25.1 Å². The molecule has 6 nitrogen and oxygen atoms in total. The summed E-state index contributed by atoms with van der Waals surface area (Å²) in [7, 11) is 0. The first-order valence-corrected chi connectivity index (χ1v) is 7.48. The van der Waals surface area contributed by atoms with Gasteiger partial charge in [-0.25, -0.2) is 9.97 Å². The van der Waals surface area contributed by atoms with Gasteiger partial charge in [0.05, 0.1) is 18.1 Å². The van der Waals surface area contributed by atoms with Gasteiger partial charge in [-0.15, -0.1) is 0 Å². The number of benzene rings is 1. The summed E-state index contributed by atoms with van der Waals surface area (Å²) in [5.74, 6) is 1.70. The zero-order valence-corrected chi connectivity index (χ0v) is 12.5. The Bertz CT molecular complexity index is 805. The molecule has 0 spiro atoms. The first-order valence-electron chi connectivity index (χ1n) is 7.11. The molecule has 3 heterocycles. The predicted octanol–water partition coefficient (Wildman–Crippen LogP) is 2.66. The monoisotopic (exact) mass is 315 g/mol. The number of hydrogen-bond acceptors (Lipinski definition) is 5. The summed E-state index contributed by atoms with van der Waals surface area (Å²) >= 11 is 5.99. The van der Waals surface area contributed by atoms with E-state index in [1.165, 1.54) is 0 Å². The van der Waals surface area contributed by atoms with Crippen molar-refractivity contribution in [1.82, 2.24) is 20.2 Å². The molecule has 1 saturated heterocycles. The third kappa shape index (κ3) is 2.46. The van der Waals surface area contributed by atoms with Gasteiger partial charge in [-0.05, 0) is 18.2 Å². The number of rotatable bonds is 3. The van der Waals surface area contributed by atoms with Gasteiger partial charge in [-0.1, -0.05) is 17.7 Å². The zero-order chi connectivity index (χ0) is 14.9. The molecule has 3 aromatic rings. The highest BCUT2D eigenvalue weighted by atomic mass is 35.5. The maximum Gasteiger partial charge on any atom is 0.160 e. The van der Waals surface area contributed by atoms with E-state index in [9.17, 15) is 0 Å². The van der Waals surface area contributed by atoms with Crippen LogP contribution in [0.2, 0.25) is 5.02 Å². The van der Waals surface area contributed by atoms with Crippen LogP contribution in [0.1, 0.15) is 6.42 Å². The van der Waals surface area contributed by atoms with Crippen molar-refractivity contribution in [1.29, 1.82) is 0 Å². The summed E-state index contributed by atoms with van der Waals surface area (Å²) in [5, 5.41) is 8.52. The smallest absolute Gasteiger partial charge is 0.160 e. The van der Waals surface area contributed by atoms with E-state index in [4.69, 9.17) is 16.3 Å². The molecule has 1 aliphatic heterocycles. The Morgan fingerprint density at radius 3 is 3.18 bits per heavy atom. The fourth-order valence-electron chi connectivity index (χ4n) is 2.75. The number of H-pyrrole nitrogens is 1. The minimum Gasteiger partial charge on any atom is -0.488 e. The number of ether oxygens (including phenoxy) is 1. The van der Waals surface area contributed by atoms with Crippen LogP contribution in [0, 0.1) is 0 Å². The van der Waals surface area contributed by atoms with Crippen molar-refractivity contribution in [2.75, 3.05) is 18.0 Å². The normalized spacial score (nSPS) is 18.0. The number of aromatic amines is 1. The fraction of sp³-hybridized carbons (Fsp3) is 0.267. The molecule has 0 amide bonds. The standard InChI is InChI=1S/C15H14ClN5O/c16-10-2-1-3-11(6-10)22-12-4-5-21(8-12)15-13-7-19-20-14(13)17-9-18-15/h1-3,6-7,9,12H,4-5,8H2,(H,17,18,19,20). The molecule has 2 aromatic heterocycles. The number of anilines is 1. The van der Waals surface area contributed by atoms with Crippen molar-refractivity contribution in [3.63, 3.8) is 0 Å². The predicted molar refractivity (Wildman–Crippen MR) is 84.4 cm³/mol. The van der Waals surface area contributed by atoms with E-state index in [1.54, 1.807) is 12.5 Å². The Kier molecular flexibility index (Phi) is 3.31.